The molecule has 0 bridgehead atoms. The molecule has 16 heavy (non-hydrogen) atoms. The van der Waals surface area contributed by atoms with Crippen molar-refractivity contribution in [3.63, 3.8) is 0 Å². The second-order valence-electron chi connectivity index (χ2n) is 4.43. The standard InChI is InChI=1S/C11H16IN3O/c1-8-3-2-5-15(6-4-8)11(16)9-7-13-14-10(9)12/h7-8H,2-6H2,1H3,(H,13,14). The number of carbonyl (C=O) groups is 1. The molecule has 2 heterocycles. The molecule has 4 nitrogen and oxygen atoms in total. The molecule has 1 amide bonds. The molecular formula is C11H16IN3O. The predicted molar refractivity (Wildman–Crippen MR) is 70.2 cm³/mol. The molecule has 1 unspecified atom stereocenters. The lowest BCUT2D eigenvalue weighted by Gasteiger charge is -2.19. The van der Waals surface area contributed by atoms with E-state index in [1.54, 1.807) is 6.20 Å². The third kappa shape index (κ3) is 2.56. The van der Waals surface area contributed by atoms with E-state index in [1.807, 2.05) is 4.90 Å². The van der Waals surface area contributed by atoms with Crippen LogP contribution < -0.4 is 0 Å². The summed E-state index contributed by atoms with van der Waals surface area (Å²) in [4.78, 5) is 14.2. The van der Waals surface area contributed by atoms with Crippen LogP contribution >= 0.6 is 22.6 Å². The minimum absolute atomic E-state index is 0.118. The predicted octanol–water partition coefficient (Wildman–Crippen LogP) is 2.28. The van der Waals surface area contributed by atoms with Gasteiger partial charge in [0.1, 0.15) is 3.70 Å². The Bertz CT molecular complexity index is 377. The monoisotopic (exact) mass is 333 g/mol. The molecule has 0 spiro atoms. The number of aromatic amines is 1. The molecule has 1 fully saturated rings. The van der Waals surface area contributed by atoms with E-state index < -0.39 is 0 Å². The van der Waals surface area contributed by atoms with Crippen LogP contribution in [0.4, 0.5) is 0 Å². The zero-order valence-corrected chi connectivity index (χ0v) is 11.5. The molecular weight excluding hydrogens is 317 g/mol. The SMILES string of the molecule is CC1CCCN(C(=O)c2cn[nH]c2I)CC1. The average molecular weight is 333 g/mol. The molecule has 0 aromatic carbocycles. The summed E-state index contributed by atoms with van der Waals surface area (Å²) in [6.07, 6.45) is 5.08. The van der Waals surface area contributed by atoms with Crippen LogP contribution in [0, 0.1) is 9.62 Å². The topological polar surface area (TPSA) is 49.0 Å². The first kappa shape index (κ1) is 11.9. The molecule has 1 atom stereocenters. The fourth-order valence-corrected chi connectivity index (χ4v) is 2.57. The maximum absolute atomic E-state index is 12.2. The zero-order chi connectivity index (χ0) is 11.5. The van der Waals surface area contributed by atoms with E-state index in [-0.39, 0.29) is 5.91 Å². The summed E-state index contributed by atoms with van der Waals surface area (Å²) in [6, 6.07) is 0. The van der Waals surface area contributed by atoms with E-state index in [4.69, 9.17) is 0 Å². The lowest BCUT2D eigenvalue weighted by Crippen LogP contribution is -2.32. The summed E-state index contributed by atoms with van der Waals surface area (Å²) >= 11 is 2.12. The molecule has 2 rings (SSSR count). The number of hydrogen-bond acceptors (Lipinski definition) is 2. The molecule has 88 valence electrons. The summed E-state index contributed by atoms with van der Waals surface area (Å²) in [5.74, 6) is 0.855. The summed E-state index contributed by atoms with van der Waals surface area (Å²) in [6.45, 7) is 4.02. The normalized spacial score (nSPS) is 21.9. The van der Waals surface area contributed by atoms with Crippen LogP contribution in [0.2, 0.25) is 0 Å². The Morgan fingerprint density at radius 1 is 1.56 bits per heavy atom. The first-order chi connectivity index (χ1) is 7.68. The van der Waals surface area contributed by atoms with E-state index in [0.717, 1.165) is 35.5 Å². The van der Waals surface area contributed by atoms with Crippen molar-refractivity contribution in [3.8, 4) is 0 Å². The number of rotatable bonds is 1. The van der Waals surface area contributed by atoms with Crippen molar-refractivity contribution >= 4 is 28.5 Å². The van der Waals surface area contributed by atoms with Gasteiger partial charge in [-0.1, -0.05) is 6.92 Å². The van der Waals surface area contributed by atoms with Crippen molar-refractivity contribution in [1.82, 2.24) is 15.1 Å². The van der Waals surface area contributed by atoms with E-state index in [9.17, 15) is 4.79 Å². The molecule has 0 radical (unpaired) electrons. The Morgan fingerprint density at radius 3 is 3.06 bits per heavy atom. The van der Waals surface area contributed by atoms with E-state index in [0.29, 0.717) is 5.56 Å². The van der Waals surface area contributed by atoms with Gasteiger partial charge in [0.15, 0.2) is 0 Å². The fourth-order valence-electron chi connectivity index (χ4n) is 2.06. The van der Waals surface area contributed by atoms with Gasteiger partial charge in [-0.15, -0.1) is 0 Å². The number of H-pyrrole nitrogens is 1. The second kappa shape index (κ2) is 5.16. The minimum Gasteiger partial charge on any atom is -0.339 e. The van der Waals surface area contributed by atoms with Gasteiger partial charge < -0.3 is 4.90 Å². The van der Waals surface area contributed by atoms with Crippen LogP contribution in [0.1, 0.15) is 36.5 Å². The first-order valence-corrected chi connectivity index (χ1v) is 6.74. The summed E-state index contributed by atoms with van der Waals surface area (Å²) in [7, 11) is 0. The summed E-state index contributed by atoms with van der Waals surface area (Å²) in [5, 5.41) is 6.70. The van der Waals surface area contributed by atoms with Gasteiger partial charge in [0.2, 0.25) is 0 Å². The molecule has 5 heteroatoms. The molecule has 1 aromatic heterocycles. The Kier molecular flexibility index (Phi) is 3.83. The number of halogens is 1. The smallest absolute Gasteiger partial charge is 0.258 e. The number of nitrogens with zero attached hydrogens (tertiary/aromatic N) is 2. The lowest BCUT2D eigenvalue weighted by atomic mass is 10.0. The van der Waals surface area contributed by atoms with Crippen molar-refractivity contribution in [2.45, 2.75) is 26.2 Å². The highest BCUT2D eigenvalue weighted by Gasteiger charge is 2.22. The Morgan fingerprint density at radius 2 is 2.38 bits per heavy atom. The summed E-state index contributed by atoms with van der Waals surface area (Å²) in [5.41, 5.74) is 0.704. The van der Waals surface area contributed by atoms with E-state index >= 15 is 0 Å². The Hall–Kier alpha value is -0.590. The van der Waals surface area contributed by atoms with Gasteiger partial charge in [-0.3, -0.25) is 9.89 Å². The van der Waals surface area contributed by atoms with Gasteiger partial charge in [0, 0.05) is 13.1 Å². The largest absolute Gasteiger partial charge is 0.339 e. The molecule has 1 aromatic rings. The van der Waals surface area contributed by atoms with Crippen molar-refractivity contribution in [2.24, 2.45) is 5.92 Å². The van der Waals surface area contributed by atoms with Crippen molar-refractivity contribution in [1.29, 1.82) is 0 Å². The average Bonchev–Trinajstić information content (AvgIpc) is 2.56. The molecule has 1 aliphatic heterocycles. The van der Waals surface area contributed by atoms with Gasteiger partial charge in [-0.2, -0.15) is 5.10 Å². The number of carbonyl (C=O) groups excluding carboxylic acids is 1. The quantitative estimate of drug-likeness (QED) is 0.802. The molecule has 1 N–H and O–H groups in total. The minimum atomic E-state index is 0.118. The third-order valence-electron chi connectivity index (χ3n) is 3.13. The van der Waals surface area contributed by atoms with Gasteiger partial charge in [0.05, 0.1) is 11.8 Å². The third-order valence-corrected chi connectivity index (χ3v) is 3.95. The maximum Gasteiger partial charge on any atom is 0.258 e. The second-order valence-corrected chi connectivity index (χ2v) is 5.50. The van der Waals surface area contributed by atoms with Crippen LogP contribution in [0.3, 0.4) is 0 Å². The zero-order valence-electron chi connectivity index (χ0n) is 9.37. The van der Waals surface area contributed by atoms with Crippen LogP contribution in [0.15, 0.2) is 6.20 Å². The highest BCUT2D eigenvalue weighted by Crippen LogP contribution is 2.19. The molecule has 0 saturated carbocycles. The number of likely N-dealkylation sites (tertiary alicyclic amines) is 1. The molecule has 0 aliphatic carbocycles. The van der Waals surface area contributed by atoms with Crippen molar-refractivity contribution in [2.75, 3.05) is 13.1 Å². The van der Waals surface area contributed by atoms with Crippen LogP contribution in [-0.2, 0) is 0 Å². The van der Waals surface area contributed by atoms with Crippen LogP contribution in [-0.4, -0.2) is 34.1 Å². The highest BCUT2D eigenvalue weighted by molar-refractivity contribution is 14.1. The van der Waals surface area contributed by atoms with Gasteiger partial charge in [-0.25, -0.2) is 0 Å². The Balaban J connectivity index is 2.07. The number of aromatic nitrogens is 2. The number of amides is 1. The number of nitrogens with one attached hydrogen (secondary N) is 1. The van der Waals surface area contributed by atoms with Gasteiger partial charge >= 0.3 is 0 Å². The van der Waals surface area contributed by atoms with E-state index in [2.05, 4.69) is 39.7 Å². The summed E-state index contributed by atoms with van der Waals surface area (Å²) < 4.78 is 0.833. The van der Waals surface area contributed by atoms with Gasteiger partial charge in [0.25, 0.3) is 5.91 Å². The fraction of sp³-hybridized carbons (Fsp3) is 0.636. The van der Waals surface area contributed by atoms with Crippen LogP contribution in [0.25, 0.3) is 0 Å². The Labute approximate surface area is 109 Å². The van der Waals surface area contributed by atoms with Crippen molar-refractivity contribution in [3.05, 3.63) is 15.5 Å². The van der Waals surface area contributed by atoms with E-state index in [1.165, 1.54) is 6.42 Å². The molecule has 1 saturated heterocycles. The first-order valence-electron chi connectivity index (χ1n) is 5.66. The van der Waals surface area contributed by atoms with Crippen molar-refractivity contribution < 1.29 is 4.79 Å². The molecule has 1 aliphatic rings. The lowest BCUT2D eigenvalue weighted by molar-refractivity contribution is 0.0759. The maximum atomic E-state index is 12.2. The highest BCUT2D eigenvalue weighted by atomic mass is 127. The van der Waals surface area contributed by atoms with Gasteiger partial charge in [-0.05, 0) is 47.8 Å². The van der Waals surface area contributed by atoms with Crippen LogP contribution in [0.5, 0.6) is 0 Å². The number of hydrogen-bond donors (Lipinski definition) is 1.